The molecule has 1 N–H and O–H groups in total. The van der Waals surface area contributed by atoms with E-state index in [0.717, 1.165) is 12.1 Å². The number of ether oxygens (including phenoxy) is 2. The van der Waals surface area contributed by atoms with Crippen LogP contribution in [0.1, 0.15) is 12.5 Å². The van der Waals surface area contributed by atoms with Gasteiger partial charge in [-0.3, -0.25) is 4.79 Å². The molecule has 1 saturated heterocycles. The zero-order valence-corrected chi connectivity index (χ0v) is 17.3. The van der Waals surface area contributed by atoms with Crippen molar-refractivity contribution in [2.75, 3.05) is 31.6 Å². The second-order valence-corrected chi connectivity index (χ2v) is 8.76. The second-order valence-electron chi connectivity index (χ2n) is 6.82. The maximum atomic E-state index is 13.3. The van der Waals surface area contributed by atoms with Gasteiger partial charge >= 0.3 is 0 Å². The van der Waals surface area contributed by atoms with Crippen LogP contribution in [-0.2, 0) is 19.6 Å². The molecule has 1 unspecified atom stereocenters. The summed E-state index contributed by atoms with van der Waals surface area (Å²) in [5, 5.41) is 2.63. The number of rotatable bonds is 6. The summed E-state index contributed by atoms with van der Waals surface area (Å²) in [7, 11) is -3.72. The molecule has 1 amide bonds. The van der Waals surface area contributed by atoms with Gasteiger partial charge in [-0.25, -0.2) is 17.2 Å². The van der Waals surface area contributed by atoms with Crippen molar-refractivity contribution >= 4 is 21.6 Å². The van der Waals surface area contributed by atoms with Gasteiger partial charge in [0.25, 0.3) is 5.91 Å². The molecule has 0 aromatic heterocycles. The quantitative estimate of drug-likeness (QED) is 0.747. The van der Waals surface area contributed by atoms with E-state index in [2.05, 4.69) is 5.32 Å². The number of nitrogens with one attached hydrogen (secondary N) is 1. The largest absolute Gasteiger partial charge is 0.481 e. The molecule has 7 nitrogen and oxygen atoms in total. The average molecular weight is 440 g/mol. The lowest BCUT2D eigenvalue weighted by atomic mass is 10.2. The minimum atomic E-state index is -3.72. The number of benzene rings is 2. The summed E-state index contributed by atoms with van der Waals surface area (Å²) in [4.78, 5) is 12.6. The lowest BCUT2D eigenvalue weighted by molar-refractivity contribution is -0.122. The summed E-state index contributed by atoms with van der Waals surface area (Å²) in [5.74, 6) is -2.67. The monoisotopic (exact) mass is 440 g/mol. The van der Waals surface area contributed by atoms with Crippen molar-refractivity contribution in [3.63, 3.8) is 0 Å². The molecule has 30 heavy (non-hydrogen) atoms. The highest BCUT2D eigenvalue weighted by Crippen LogP contribution is 2.24. The Morgan fingerprint density at radius 3 is 2.50 bits per heavy atom. The molecule has 162 valence electrons. The molecule has 10 heteroatoms. The fraction of sp³-hybridized carbons (Fsp3) is 0.350. The Hall–Kier alpha value is -2.56. The van der Waals surface area contributed by atoms with Gasteiger partial charge in [0.15, 0.2) is 17.7 Å². The molecule has 2 aromatic carbocycles. The van der Waals surface area contributed by atoms with Crippen LogP contribution in [0.2, 0.25) is 0 Å². The van der Waals surface area contributed by atoms with E-state index in [1.54, 1.807) is 13.0 Å². The molecular weight excluding hydrogens is 418 g/mol. The van der Waals surface area contributed by atoms with E-state index in [-0.39, 0.29) is 23.7 Å². The van der Waals surface area contributed by atoms with Gasteiger partial charge < -0.3 is 14.8 Å². The van der Waals surface area contributed by atoms with E-state index in [1.807, 2.05) is 0 Å². The number of aryl methyl sites for hydroxylation is 1. The van der Waals surface area contributed by atoms with Crippen LogP contribution in [0, 0.1) is 18.6 Å². The van der Waals surface area contributed by atoms with Gasteiger partial charge in [0.2, 0.25) is 10.0 Å². The van der Waals surface area contributed by atoms with Crippen molar-refractivity contribution in [2.45, 2.75) is 24.8 Å². The number of carbonyl (C=O) groups is 1. The number of sulfonamides is 1. The van der Waals surface area contributed by atoms with Crippen LogP contribution in [0.4, 0.5) is 14.5 Å². The van der Waals surface area contributed by atoms with E-state index in [9.17, 15) is 22.0 Å². The molecule has 1 fully saturated rings. The normalized spacial score (nSPS) is 16.1. The van der Waals surface area contributed by atoms with Crippen molar-refractivity contribution in [3.05, 3.63) is 53.6 Å². The smallest absolute Gasteiger partial charge is 0.265 e. The summed E-state index contributed by atoms with van der Waals surface area (Å²) >= 11 is 0. The number of carbonyl (C=O) groups excluding carboxylic acids is 1. The lowest BCUT2D eigenvalue weighted by Crippen LogP contribution is -2.40. The van der Waals surface area contributed by atoms with Crippen molar-refractivity contribution in [2.24, 2.45) is 0 Å². The summed E-state index contributed by atoms with van der Waals surface area (Å²) in [6.45, 7) is 4.34. The Kier molecular flexibility index (Phi) is 6.69. The predicted octanol–water partition coefficient (Wildman–Crippen LogP) is 2.70. The first-order chi connectivity index (χ1) is 14.2. The van der Waals surface area contributed by atoms with Gasteiger partial charge in [-0.15, -0.1) is 0 Å². The number of hydrogen-bond donors (Lipinski definition) is 1. The fourth-order valence-electron chi connectivity index (χ4n) is 2.87. The lowest BCUT2D eigenvalue weighted by Gasteiger charge is -2.26. The van der Waals surface area contributed by atoms with Gasteiger partial charge in [-0.05, 0) is 43.7 Å². The van der Waals surface area contributed by atoms with E-state index in [1.165, 1.54) is 29.4 Å². The van der Waals surface area contributed by atoms with E-state index < -0.39 is 33.7 Å². The number of nitrogens with zero attached hydrogens (tertiary/aromatic N) is 1. The fourth-order valence-corrected chi connectivity index (χ4v) is 4.31. The molecule has 1 aliphatic rings. The van der Waals surface area contributed by atoms with Gasteiger partial charge in [0, 0.05) is 24.8 Å². The molecule has 1 atom stereocenters. The minimum Gasteiger partial charge on any atom is -0.481 e. The predicted molar refractivity (Wildman–Crippen MR) is 106 cm³/mol. The SMILES string of the molecule is Cc1ccc(S(=O)(=O)N2CCOCC2)cc1NC(=O)C(C)Oc1ccc(F)c(F)c1. The standard InChI is InChI=1S/C20H22F2N2O5S/c1-13-3-5-16(30(26,27)24-7-9-28-10-8-24)12-19(13)23-20(25)14(2)29-15-4-6-17(21)18(22)11-15/h3-6,11-12,14H,7-10H2,1-2H3,(H,23,25). The van der Waals surface area contributed by atoms with Crippen LogP contribution >= 0.6 is 0 Å². The summed E-state index contributed by atoms with van der Waals surface area (Å²) in [6.07, 6.45) is -1.03. The van der Waals surface area contributed by atoms with E-state index in [4.69, 9.17) is 9.47 Å². The summed E-state index contributed by atoms with van der Waals surface area (Å²) < 4.78 is 63.9. The zero-order valence-electron chi connectivity index (χ0n) is 16.5. The summed E-state index contributed by atoms with van der Waals surface area (Å²) in [6, 6.07) is 7.44. The molecular formula is C20H22F2N2O5S. The molecule has 0 aliphatic carbocycles. The van der Waals surface area contributed by atoms with E-state index in [0.29, 0.717) is 24.5 Å². The molecule has 0 spiro atoms. The van der Waals surface area contributed by atoms with Crippen molar-refractivity contribution < 1.29 is 31.5 Å². The average Bonchev–Trinajstić information content (AvgIpc) is 2.72. The van der Waals surface area contributed by atoms with Crippen LogP contribution in [-0.4, -0.2) is 51.0 Å². The number of amides is 1. The van der Waals surface area contributed by atoms with Crippen LogP contribution in [0.15, 0.2) is 41.3 Å². The Balaban J connectivity index is 1.74. The van der Waals surface area contributed by atoms with Gasteiger partial charge in [-0.1, -0.05) is 6.07 Å². The van der Waals surface area contributed by atoms with Crippen LogP contribution in [0.5, 0.6) is 5.75 Å². The minimum absolute atomic E-state index is 0.00285. The molecule has 0 bridgehead atoms. The third-order valence-corrected chi connectivity index (χ3v) is 6.54. The van der Waals surface area contributed by atoms with Gasteiger partial charge in [-0.2, -0.15) is 4.31 Å². The van der Waals surface area contributed by atoms with E-state index >= 15 is 0 Å². The van der Waals surface area contributed by atoms with Crippen LogP contribution in [0.3, 0.4) is 0 Å². The highest BCUT2D eigenvalue weighted by molar-refractivity contribution is 7.89. The van der Waals surface area contributed by atoms with Crippen molar-refractivity contribution in [3.8, 4) is 5.75 Å². The molecule has 1 aliphatic heterocycles. The first-order valence-corrected chi connectivity index (χ1v) is 10.7. The van der Waals surface area contributed by atoms with Crippen molar-refractivity contribution in [1.29, 1.82) is 0 Å². The van der Waals surface area contributed by atoms with Gasteiger partial charge in [0.05, 0.1) is 18.1 Å². The second kappa shape index (κ2) is 9.07. The maximum absolute atomic E-state index is 13.3. The van der Waals surface area contributed by atoms with Crippen LogP contribution < -0.4 is 10.1 Å². The number of halogens is 2. The number of hydrogen-bond acceptors (Lipinski definition) is 5. The third-order valence-electron chi connectivity index (χ3n) is 4.65. The zero-order chi connectivity index (χ0) is 21.9. The number of morpholine rings is 1. The van der Waals surface area contributed by atoms with Gasteiger partial charge in [0.1, 0.15) is 5.75 Å². The Labute approximate surface area is 173 Å². The highest BCUT2D eigenvalue weighted by atomic mass is 32.2. The molecule has 0 radical (unpaired) electrons. The molecule has 0 saturated carbocycles. The molecule has 1 heterocycles. The Morgan fingerprint density at radius 2 is 1.83 bits per heavy atom. The summed E-state index contributed by atoms with van der Waals surface area (Å²) in [5.41, 5.74) is 0.972. The topological polar surface area (TPSA) is 84.9 Å². The Morgan fingerprint density at radius 1 is 1.13 bits per heavy atom. The molecule has 2 aromatic rings. The molecule has 3 rings (SSSR count). The third kappa shape index (κ3) is 4.94. The number of anilines is 1. The van der Waals surface area contributed by atoms with Crippen LogP contribution in [0.25, 0.3) is 0 Å². The first-order valence-electron chi connectivity index (χ1n) is 9.29. The Bertz CT molecular complexity index is 1040. The maximum Gasteiger partial charge on any atom is 0.265 e. The van der Waals surface area contributed by atoms with Crippen molar-refractivity contribution in [1.82, 2.24) is 4.31 Å². The highest BCUT2D eigenvalue weighted by Gasteiger charge is 2.27. The first kappa shape index (κ1) is 22.1.